The van der Waals surface area contributed by atoms with Crippen LogP contribution in [0, 0.1) is 0 Å². The molecule has 0 atom stereocenters. The number of nitrogens with zero attached hydrogens (tertiary/aromatic N) is 1. The van der Waals surface area contributed by atoms with Crippen molar-refractivity contribution in [2.45, 2.75) is 13.8 Å². The molecule has 23 heavy (non-hydrogen) atoms. The fourth-order valence-electron chi connectivity index (χ4n) is 2.81. The summed E-state index contributed by atoms with van der Waals surface area (Å²) in [7, 11) is 0. The molecule has 0 saturated carbocycles. The molecule has 0 aliphatic carbocycles. The van der Waals surface area contributed by atoms with E-state index >= 15 is 0 Å². The van der Waals surface area contributed by atoms with E-state index in [1.54, 1.807) is 6.07 Å². The first-order chi connectivity index (χ1) is 11.1. The van der Waals surface area contributed by atoms with E-state index in [1.165, 1.54) is 0 Å². The average molecular weight is 372 g/mol. The van der Waals surface area contributed by atoms with Gasteiger partial charge in [-0.25, -0.2) is 4.79 Å². The topological polar surface area (TPSA) is 33.5 Å². The summed E-state index contributed by atoms with van der Waals surface area (Å²) in [6.07, 6.45) is 0. The molecule has 0 aliphatic heterocycles. The van der Waals surface area contributed by atoms with Gasteiger partial charge >= 0.3 is 5.63 Å². The SMILES string of the molecule is CCN(CC)c1ccc2c(-c3ccc(Br)cc3)cc(=O)oc2c1. The minimum Gasteiger partial charge on any atom is -0.423 e. The molecule has 3 nitrogen and oxygen atoms in total. The summed E-state index contributed by atoms with van der Waals surface area (Å²) in [5.74, 6) is 0. The number of rotatable bonds is 4. The van der Waals surface area contributed by atoms with Gasteiger partial charge in [0.2, 0.25) is 0 Å². The average Bonchev–Trinajstić information content (AvgIpc) is 2.55. The molecule has 1 aromatic heterocycles. The van der Waals surface area contributed by atoms with Crippen molar-refractivity contribution < 1.29 is 4.42 Å². The summed E-state index contributed by atoms with van der Waals surface area (Å²) in [6, 6.07) is 15.6. The number of hydrogen-bond donors (Lipinski definition) is 0. The van der Waals surface area contributed by atoms with Crippen molar-refractivity contribution in [3.8, 4) is 11.1 Å². The van der Waals surface area contributed by atoms with E-state index in [2.05, 4.69) is 40.7 Å². The molecule has 3 rings (SSSR count). The Morgan fingerprint density at radius 1 is 1.00 bits per heavy atom. The van der Waals surface area contributed by atoms with Crippen LogP contribution in [0.25, 0.3) is 22.1 Å². The van der Waals surface area contributed by atoms with Gasteiger partial charge in [-0.2, -0.15) is 0 Å². The summed E-state index contributed by atoms with van der Waals surface area (Å²) in [5, 5.41) is 0.947. The minimum absolute atomic E-state index is 0.327. The zero-order chi connectivity index (χ0) is 16.4. The van der Waals surface area contributed by atoms with Gasteiger partial charge < -0.3 is 9.32 Å². The lowest BCUT2D eigenvalue weighted by Crippen LogP contribution is -2.21. The van der Waals surface area contributed by atoms with Gasteiger partial charge in [0.25, 0.3) is 0 Å². The lowest BCUT2D eigenvalue weighted by atomic mass is 10.0. The third kappa shape index (κ3) is 3.17. The second-order valence-corrected chi connectivity index (χ2v) is 6.25. The van der Waals surface area contributed by atoms with Crippen molar-refractivity contribution in [1.29, 1.82) is 0 Å². The Labute approximate surface area is 143 Å². The molecule has 0 bridgehead atoms. The molecule has 4 heteroatoms. The number of benzene rings is 2. The predicted octanol–water partition coefficient (Wildman–Crippen LogP) is 5.07. The predicted molar refractivity (Wildman–Crippen MR) is 99.2 cm³/mol. The standard InChI is InChI=1S/C19H18BrNO2/c1-3-21(4-2)15-9-10-16-17(12-19(22)23-18(16)11-15)13-5-7-14(20)8-6-13/h5-12H,3-4H2,1-2H3. The summed E-state index contributed by atoms with van der Waals surface area (Å²) in [4.78, 5) is 14.2. The lowest BCUT2D eigenvalue weighted by molar-refractivity contribution is 0.561. The van der Waals surface area contributed by atoms with Crippen molar-refractivity contribution in [2.24, 2.45) is 0 Å². The first-order valence-corrected chi connectivity index (χ1v) is 8.50. The highest BCUT2D eigenvalue weighted by atomic mass is 79.9. The highest BCUT2D eigenvalue weighted by Gasteiger charge is 2.10. The molecular formula is C19H18BrNO2. The van der Waals surface area contributed by atoms with Crippen LogP contribution >= 0.6 is 15.9 Å². The van der Waals surface area contributed by atoms with Crippen LogP contribution in [0.4, 0.5) is 5.69 Å². The number of fused-ring (bicyclic) bond motifs is 1. The van der Waals surface area contributed by atoms with Crippen LogP contribution in [0.15, 0.2) is 62.2 Å². The molecular weight excluding hydrogens is 354 g/mol. The van der Waals surface area contributed by atoms with Crippen molar-refractivity contribution in [3.63, 3.8) is 0 Å². The zero-order valence-corrected chi connectivity index (χ0v) is 14.8. The van der Waals surface area contributed by atoms with E-state index in [9.17, 15) is 4.79 Å². The van der Waals surface area contributed by atoms with Crippen LogP contribution in [0.3, 0.4) is 0 Å². The smallest absolute Gasteiger partial charge is 0.336 e. The summed E-state index contributed by atoms with van der Waals surface area (Å²) >= 11 is 3.44. The van der Waals surface area contributed by atoms with Crippen molar-refractivity contribution in [1.82, 2.24) is 0 Å². The Kier molecular flexibility index (Phi) is 4.53. The quantitative estimate of drug-likeness (QED) is 0.600. The van der Waals surface area contributed by atoms with Crippen LogP contribution in [0.5, 0.6) is 0 Å². The fourth-order valence-corrected chi connectivity index (χ4v) is 3.07. The third-order valence-corrected chi connectivity index (χ3v) is 4.54. The normalized spacial score (nSPS) is 10.9. The maximum Gasteiger partial charge on any atom is 0.336 e. The monoisotopic (exact) mass is 371 g/mol. The summed E-state index contributed by atoms with van der Waals surface area (Å²) < 4.78 is 6.45. The van der Waals surface area contributed by atoms with Gasteiger partial charge in [0.05, 0.1) is 0 Å². The molecule has 0 N–H and O–H groups in total. The van der Waals surface area contributed by atoms with E-state index in [0.717, 1.165) is 39.8 Å². The fraction of sp³-hybridized carbons (Fsp3) is 0.211. The summed E-state index contributed by atoms with van der Waals surface area (Å²) in [5.41, 5.74) is 3.27. The van der Waals surface area contributed by atoms with E-state index in [4.69, 9.17) is 4.42 Å². The van der Waals surface area contributed by atoms with Crippen LogP contribution in [-0.2, 0) is 0 Å². The van der Waals surface area contributed by atoms with Gasteiger partial charge in [-0.3, -0.25) is 0 Å². The molecule has 0 amide bonds. The summed E-state index contributed by atoms with van der Waals surface area (Å²) in [6.45, 7) is 6.06. The van der Waals surface area contributed by atoms with Crippen LogP contribution in [0.2, 0.25) is 0 Å². The van der Waals surface area contributed by atoms with Crippen molar-refractivity contribution in [3.05, 3.63) is 63.4 Å². The van der Waals surface area contributed by atoms with Crippen LogP contribution in [0.1, 0.15) is 13.8 Å². The second kappa shape index (κ2) is 6.59. The van der Waals surface area contributed by atoms with Crippen LogP contribution < -0.4 is 10.5 Å². The van der Waals surface area contributed by atoms with E-state index in [0.29, 0.717) is 5.58 Å². The molecule has 0 spiro atoms. The Hall–Kier alpha value is -2.07. The molecule has 0 aliphatic rings. The molecule has 0 unspecified atom stereocenters. The number of hydrogen-bond acceptors (Lipinski definition) is 3. The van der Waals surface area contributed by atoms with Crippen LogP contribution in [-0.4, -0.2) is 13.1 Å². The Bertz CT molecular complexity index is 880. The first kappa shape index (κ1) is 15.8. The molecule has 1 heterocycles. The van der Waals surface area contributed by atoms with Crippen molar-refractivity contribution in [2.75, 3.05) is 18.0 Å². The van der Waals surface area contributed by atoms with Gasteiger partial charge in [-0.05, 0) is 49.2 Å². The Morgan fingerprint density at radius 3 is 2.35 bits per heavy atom. The van der Waals surface area contributed by atoms with E-state index in [1.807, 2.05) is 36.4 Å². The van der Waals surface area contributed by atoms with Gasteiger partial charge in [-0.1, -0.05) is 28.1 Å². The Morgan fingerprint density at radius 2 is 1.70 bits per heavy atom. The molecule has 3 aromatic rings. The maximum absolute atomic E-state index is 12.0. The van der Waals surface area contributed by atoms with Gasteiger partial charge in [-0.15, -0.1) is 0 Å². The molecule has 0 radical (unpaired) electrons. The lowest BCUT2D eigenvalue weighted by Gasteiger charge is -2.21. The molecule has 118 valence electrons. The molecule has 0 saturated heterocycles. The van der Waals surface area contributed by atoms with Gasteiger partial charge in [0, 0.05) is 40.8 Å². The Balaban J connectivity index is 2.20. The first-order valence-electron chi connectivity index (χ1n) is 7.71. The largest absolute Gasteiger partial charge is 0.423 e. The van der Waals surface area contributed by atoms with Crippen molar-refractivity contribution >= 4 is 32.6 Å². The van der Waals surface area contributed by atoms with E-state index in [-0.39, 0.29) is 5.63 Å². The highest BCUT2D eigenvalue weighted by molar-refractivity contribution is 9.10. The maximum atomic E-state index is 12.0. The molecule has 2 aromatic carbocycles. The van der Waals surface area contributed by atoms with Gasteiger partial charge in [0.1, 0.15) is 5.58 Å². The number of anilines is 1. The van der Waals surface area contributed by atoms with E-state index < -0.39 is 0 Å². The minimum atomic E-state index is -0.327. The van der Waals surface area contributed by atoms with Gasteiger partial charge in [0.15, 0.2) is 0 Å². The molecule has 0 fully saturated rings. The zero-order valence-electron chi connectivity index (χ0n) is 13.2. The number of halogens is 1. The second-order valence-electron chi connectivity index (χ2n) is 5.34. The highest BCUT2D eigenvalue weighted by Crippen LogP contribution is 2.30. The third-order valence-electron chi connectivity index (χ3n) is 4.01.